The van der Waals surface area contributed by atoms with E-state index in [-0.39, 0.29) is 11.0 Å². The maximum atomic E-state index is 12.8. The number of aromatic nitrogens is 2. The van der Waals surface area contributed by atoms with Gasteiger partial charge < -0.3 is 5.32 Å². The van der Waals surface area contributed by atoms with Crippen molar-refractivity contribution in [2.24, 2.45) is 0 Å². The molecule has 4 aromatic rings. The fourth-order valence-electron chi connectivity index (χ4n) is 2.89. The molecule has 0 saturated heterocycles. The SMILES string of the molecule is Cc1ccc2nsnc2c1NC(=S)NC(=O)c1cccc2c(Br)cccc12. The molecule has 5 nitrogen and oxygen atoms in total. The molecule has 8 heteroatoms. The topological polar surface area (TPSA) is 66.9 Å². The standard InChI is InChI=1S/C19H13BrN4OS2/c1-10-8-9-15-17(24-27-23-15)16(10)21-19(26)22-18(25)13-6-2-5-12-11(13)4-3-7-14(12)20/h2-9H,1H3,(H2,21,22,25,26). The van der Waals surface area contributed by atoms with Crippen molar-refractivity contribution in [1.29, 1.82) is 0 Å². The van der Waals surface area contributed by atoms with E-state index in [1.165, 1.54) is 0 Å². The van der Waals surface area contributed by atoms with Crippen molar-refractivity contribution in [2.75, 3.05) is 5.32 Å². The van der Waals surface area contributed by atoms with E-state index < -0.39 is 0 Å². The maximum Gasteiger partial charge on any atom is 0.258 e. The van der Waals surface area contributed by atoms with Crippen LogP contribution in [0.1, 0.15) is 15.9 Å². The first kappa shape index (κ1) is 18.0. The van der Waals surface area contributed by atoms with Crippen LogP contribution < -0.4 is 10.6 Å². The molecule has 1 heterocycles. The Morgan fingerprint density at radius 1 is 1.07 bits per heavy atom. The predicted octanol–water partition coefficient (Wildman–Crippen LogP) is 5.04. The number of thiocarbonyl (C=S) groups is 1. The van der Waals surface area contributed by atoms with E-state index >= 15 is 0 Å². The molecule has 0 aliphatic rings. The lowest BCUT2D eigenvalue weighted by Crippen LogP contribution is -2.34. The van der Waals surface area contributed by atoms with Crippen molar-refractivity contribution in [1.82, 2.24) is 14.1 Å². The van der Waals surface area contributed by atoms with Crippen LogP contribution in [0.2, 0.25) is 0 Å². The van der Waals surface area contributed by atoms with Gasteiger partial charge in [-0.3, -0.25) is 10.1 Å². The fraction of sp³-hybridized carbons (Fsp3) is 0.0526. The zero-order valence-corrected chi connectivity index (χ0v) is 17.3. The predicted molar refractivity (Wildman–Crippen MR) is 117 cm³/mol. The summed E-state index contributed by atoms with van der Waals surface area (Å²) in [6.45, 7) is 1.95. The number of halogens is 1. The van der Waals surface area contributed by atoms with Gasteiger partial charge in [0.25, 0.3) is 5.91 Å². The second kappa shape index (κ2) is 7.30. The van der Waals surface area contributed by atoms with Crippen molar-refractivity contribution in [3.05, 3.63) is 64.1 Å². The van der Waals surface area contributed by atoms with Gasteiger partial charge >= 0.3 is 0 Å². The van der Waals surface area contributed by atoms with E-state index in [1.54, 1.807) is 6.07 Å². The molecule has 0 fully saturated rings. The lowest BCUT2D eigenvalue weighted by Gasteiger charge is -2.13. The van der Waals surface area contributed by atoms with Crippen molar-refractivity contribution in [3.63, 3.8) is 0 Å². The molecule has 1 amide bonds. The number of carbonyl (C=O) groups excluding carboxylic acids is 1. The van der Waals surface area contributed by atoms with Gasteiger partial charge in [0.15, 0.2) is 5.11 Å². The Morgan fingerprint density at radius 3 is 2.70 bits per heavy atom. The van der Waals surface area contributed by atoms with E-state index in [9.17, 15) is 4.79 Å². The molecule has 0 radical (unpaired) electrons. The van der Waals surface area contributed by atoms with E-state index in [1.807, 2.05) is 49.4 Å². The van der Waals surface area contributed by atoms with E-state index in [2.05, 4.69) is 35.3 Å². The Kier molecular flexibility index (Phi) is 4.86. The average Bonchev–Trinajstić information content (AvgIpc) is 3.13. The summed E-state index contributed by atoms with van der Waals surface area (Å²) in [5.41, 5.74) is 3.82. The lowest BCUT2D eigenvalue weighted by molar-refractivity contribution is 0.0979. The highest BCUT2D eigenvalue weighted by atomic mass is 79.9. The van der Waals surface area contributed by atoms with Crippen molar-refractivity contribution < 1.29 is 4.79 Å². The first-order valence-electron chi connectivity index (χ1n) is 8.06. The minimum absolute atomic E-state index is 0.218. The number of hydrogen-bond acceptors (Lipinski definition) is 5. The highest BCUT2D eigenvalue weighted by Crippen LogP contribution is 2.27. The molecule has 0 aliphatic heterocycles. The highest BCUT2D eigenvalue weighted by molar-refractivity contribution is 9.10. The number of fused-ring (bicyclic) bond motifs is 2. The summed E-state index contributed by atoms with van der Waals surface area (Å²) >= 11 is 10.0. The third kappa shape index (κ3) is 3.43. The van der Waals surface area contributed by atoms with Gasteiger partial charge in [0.1, 0.15) is 11.0 Å². The Balaban J connectivity index is 1.60. The number of benzene rings is 3. The molecule has 0 bridgehead atoms. The summed E-state index contributed by atoms with van der Waals surface area (Å²) < 4.78 is 9.48. The molecular formula is C19H13BrN4OS2. The third-order valence-electron chi connectivity index (χ3n) is 4.22. The Morgan fingerprint density at radius 2 is 1.85 bits per heavy atom. The second-order valence-corrected chi connectivity index (χ2v) is 7.73. The Labute approximate surface area is 173 Å². The summed E-state index contributed by atoms with van der Waals surface area (Å²) in [7, 11) is 0. The van der Waals surface area contributed by atoms with Crippen LogP contribution in [-0.4, -0.2) is 19.8 Å². The van der Waals surface area contributed by atoms with E-state index in [0.29, 0.717) is 5.56 Å². The maximum absolute atomic E-state index is 12.8. The molecule has 2 N–H and O–H groups in total. The minimum atomic E-state index is -0.266. The number of nitrogens with zero attached hydrogens (tertiary/aromatic N) is 2. The third-order valence-corrected chi connectivity index (χ3v) is 5.65. The van der Waals surface area contributed by atoms with Gasteiger partial charge in [-0.15, -0.1) is 0 Å². The van der Waals surface area contributed by atoms with Gasteiger partial charge in [0, 0.05) is 10.0 Å². The van der Waals surface area contributed by atoms with Crippen molar-refractivity contribution in [3.8, 4) is 0 Å². The molecule has 0 atom stereocenters. The summed E-state index contributed by atoms with van der Waals surface area (Å²) in [5.74, 6) is -0.266. The quantitative estimate of drug-likeness (QED) is 0.413. The van der Waals surface area contributed by atoms with Gasteiger partial charge in [-0.05, 0) is 53.7 Å². The first-order chi connectivity index (χ1) is 13.0. The number of anilines is 1. The number of hydrogen-bond donors (Lipinski definition) is 2. The number of nitrogens with one attached hydrogen (secondary N) is 2. The molecule has 27 heavy (non-hydrogen) atoms. The molecular weight excluding hydrogens is 444 g/mol. The molecule has 0 spiro atoms. The molecule has 3 aromatic carbocycles. The normalized spacial score (nSPS) is 10.9. The monoisotopic (exact) mass is 456 g/mol. The van der Waals surface area contributed by atoms with Crippen LogP contribution in [0.4, 0.5) is 5.69 Å². The first-order valence-corrected chi connectivity index (χ1v) is 9.99. The van der Waals surface area contributed by atoms with Gasteiger partial charge in [-0.2, -0.15) is 8.75 Å². The van der Waals surface area contributed by atoms with Crippen LogP contribution in [0.25, 0.3) is 21.8 Å². The fourth-order valence-corrected chi connectivity index (χ4v) is 4.13. The Bertz CT molecular complexity index is 1200. The summed E-state index contributed by atoms with van der Waals surface area (Å²) in [5, 5.41) is 7.90. The second-order valence-electron chi connectivity index (χ2n) is 5.94. The van der Waals surface area contributed by atoms with Crippen LogP contribution >= 0.6 is 39.9 Å². The van der Waals surface area contributed by atoms with Crippen molar-refractivity contribution in [2.45, 2.75) is 6.92 Å². The molecule has 4 rings (SSSR count). The van der Waals surface area contributed by atoms with Crippen LogP contribution in [-0.2, 0) is 0 Å². The molecule has 0 saturated carbocycles. The number of carbonyl (C=O) groups is 1. The highest BCUT2D eigenvalue weighted by Gasteiger charge is 2.15. The summed E-state index contributed by atoms with van der Waals surface area (Å²) in [4.78, 5) is 12.8. The van der Waals surface area contributed by atoms with Crippen LogP contribution in [0.15, 0.2) is 53.0 Å². The number of aryl methyl sites for hydroxylation is 1. The van der Waals surface area contributed by atoms with Crippen LogP contribution in [0, 0.1) is 6.92 Å². The number of rotatable bonds is 2. The summed E-state index contributed by atoms with van der Waals surface area (Å²) in [6.07, 6.45) is 0. The zero-order chi connectivity index (χ0) is 19.0. The van der Waals surface area contributed by atoms with Gasteiger partial charge in [-0.1, -0.05) is 46.3 Å². The van der Waals surface area contributed by atoms with Gasteiger partial charge in [0.05, 0.1) is 17.4 Å². The van der Waals surface area contributed by atoms with Gasteiger partial charge in [0.2, 0.25) is 0 Å². The number of amides is 1. The summed E-state index contributed by atoms with van der Waals surface area (Å²) in [6, 6.07) is 15.2. The molecule has 0 aliphatic carbocycles. The van der Waals surface area contributed by atoms with Gasteiger partial charge in [-0.25, -0.2) is 0 Å². The largest absolute Gasteiger partial charge is 0.330 e. The molecule has 134 valence electrons. The smallest absolute Gasteiger partial charge is 0.258 e. The van der Waals surface area contributed by atoms with E-state index in [4.69, 9.17) is 12.2 Å². The molecule has 0 unspecified atom stereocenters. The molecule has 1 aromatic heterocycles. The van der Waals surface area contributed by atoms with E-state index in [0.717, 1.165) is 49.3 Å². The van der Waals surface area contributed by atoms with Crippen LogP contribution in [0.5, 0.6) is 0 Å². The average molecular weight is 457 g/mol. The lowest BCUT2D eigenvalue weighted by atomic mass is 10.0. The Hall–Kier alpha value is -2.42. The zero-order valence-electron chi connectivity index (χ0n) is 14.1. The van der Waals surface area contributed by atoms with Crippen molar-refractivity contribution >= 4 is 78.4 Å². The van der Waals surface area contributed by atoms with Crippen LogP contribution in [0.3, 0.4) is 0 Å². The minimum Gasteiger partial charge on any atom is -0.330 e.